The van der Waals surface area contributed by atoms with Crippen molar-refractivity contribution in [1.82, 2.24) is 9.80 Å². The maximum absolute atomic E-state index is 2.42. The number of allylic oxidation sites excluding steroid dienone is 8. The summed E-state index contributed by atoms with van der Waals surface area (Å²) >= 11 is 0. The first kappa shape index (κ1) is 29.9. The van der Waals surface area contributed by atoms with Crippen molar-refractivity contribution in [2.24, 2.45) is 7.05 Å². The summed E-state index contributed by atoms with van der Waals surface area (Å²) in [4.78, 5) is 7.04. The van der Waals surface area contributed by atoms with Gasteiger partial charge in [-0.05, 0) is 66.5 Å². The van der Waals surface area contributed by atoms with Crippen molar-refractivity contribution >= 4 is 39.4 Å². The second kappa shape index (κ2) is 15.6. The highest BCUT2D eigenvalue weighted by Gasteiger charge is 2.10. The molecule has 0 atom stereocenters. The molecular formula is C34H43N4S2+. The van der Waals surface area contributed by atoms with Crippen LogP contribution in [0.15, 0.2) is 108 Å². The molecule has 1 aliphatic heterocycles. The van der Waals surface area contributed by atoms with E-state index in [2.05, 4.69) is 145 Å². The molecule has 0 fully saturated rings. The molecule has 2 aliphatic rings. The third-order valence-corrected chi connectivity index (χ3v) is 9.69. The molecule has 4 rings (SSSR count). The predicted octanol–water partition coefficient (Wildman–Crippen LogP) is 6.98. The van der Waals surface area contributed by atoms with Gasteiger partial charge in [-0.25, -0.2) is 4.57 Å². The number of anilines is 1. The molecule has 0 radical (unpaired) electrons. The highest BCUT2D eigenvalue weighted by Crippen LogP contribution is 2.25. The zero-order valence-electron chi connectivity index (χ0n) is 24.4. The molecule has 0 saturated carbocycles. The van der Waals surface area contributed by atoms with E-state index in [9.17, 15) is 0 Å². The molecule has 1 aliphatic carbocycles. The Morgan fingerprint density at radius 2 is 1.62 bits per heavy atom. The predicted molar refractivity (Wildman–Crippen MR) is 178 cm³/mol. The molecule has 1 aromatic heterocycles. The van der Waals surface area contributed by atoms with Gasteiger partial charge in [0.15, 0.2) is 6.20 Å². The van der Waals surface area contributed by atoms with Crippen LogP contribution in [0, 0.1) is 0 Å². The highest BCUT2D eigenvalue weighted by atomic mass is 33.1. The molecule has 210 valence electrons. The van der Waals surface area contributed by atoms with Crippen LogP contribution < -0.4 is 9.47 Å². The van der Waals surface area contributed by atoms with Crippen LogP contribution in [0.2, 0.25) is 0 Å². The van der Waals surface area contributed by atoms with Crippen LogP contribution in [-0.4, -0.2) is 62.1 Å². The van der Waals surface area contributed by atoms with E-state index in [1.54, 1.807) is 0 Å². The van der Waals surface area contributed by atoms with Crippen molar-refractivity contribution in [3.8, 4) is 0 Å². The van der Waals surface area contributed by atoms with Gasteiger partial charge < -0.3 is 14.7 Å². The molecule has 0 N–H and O–H groups in total. The Morgan fingerprint density at radius 1 is 0.850 bits per heavy atom. The minimum absolute atomic E-state index is 0.984. The number of aryl methyl sites for hydroxylation is 1. The third-order valence-electron chi connectivity index (χ3n) is 7.32. The normalized spacial score (nSPS) is 15.4. The molecule has 6 heteroatoms. The van der Waals surface area contributed by atoms with Crippen LogP contribution in [0.3, 0.4) is 0 Å². The Balaban J connectivity index is 1.12. The van der Waals surface area contributed by atoms with Crippen LogP contribution in [0.4, 0.5) is 5.69 Å². The summed E-state index contributed by atoms with van der Waals surface area (Å²) in [5.41, 5.74) is 7.79. The fourth-order valence-corrected chi connectivity index (χ4v) is 6.65. The van der Waals surface area contributed by atoms with Gasteiger partial charge >= 0.3 is 0 Å². The Bertz CT molecular complexity index is 1290. The number of aromatic nitrogens is 1. The van der Waals surface area contributed by atoms with Gasteiger partial charge in [0.2, 0.25) is 5.69 Å². The fourth-order valence-electron chi connectivity index (χ4n) is 4.56. The molecule has 4 nitrogen and oxygen atoms in total. The van der Waals surface area contributed by atoms with Crippen LogP contribution in [0.1, 0.15) is 24.1 Å². The van der Waals surface area contributed by atoms with Crippen molar-refractivity contribution in [2.45, 2.75) is 12.8 Å². The average Bonchev–Trinajstić information content (AvgIpc) is 2.98. The number of pyridine rings is 1. The smallest absolute Gasteiger partial charge is 0.204 e. The summed E-state index contributed by atoms with van der Waals surface area (Å²) in [5.74, 6) is 2.24. The topological polar surface area (TPSA) is 13.6 Å². The molecule has 0 spiro atoms. The van der Waals surface area contributed by atoms with Crippen LogP contribution in [-0.2, 0) is 7.05 Å². The van der Waals surface area contributed by atoms with E-state index >= 15 is 0 Å². The summed E-state index contributed by atoms with van der Waals surface area (Å²) < 4.78 is 2.12. The Hall–Kier alpha value is -3.09. The molecule has 0 bridgehead atoms. The van der Waals surface area contributed by atoms with Gasteiger partial charge in [-0.2, -0.15) is 0 Å². The molecule has 1 aromatic carbocycles. The minimum atomic E-state index is 0.984. The lowest BCUT2D eigenvalue weighted by molar-refractivity contribution is -0.673. The van der Waals surface area contributed by atoms with E-state index < -0.39 is 0 Å². The van der Waals surface area contributed by atoms with Gasteiger partial charge in [0.05, 0.1) is 0 Å². The third kappa shape index (κ3) is 9.24. The van der Waals surface area contributed by atoms with Gasteiger partial charge in [0, 0.05) is 87.6 Å². The summed E-state index contributed by atoms with van der Waals surface area (Å²) in [7, 11) is 12.6. The lowest BCUT2D eigenvalue weighted by atomic mass is 10.0. The number of nitrogens with zero attached hydrogens (tertiary/aromatic N) is 4. The zero-order chi connectivity index (χ0) is 28.2. The quantitative estimate of drug-likeness (QED) is 0.146. The first-order valence-corrected chi connectivity index (χ1v) is 16.5. The van der Waals surface area contributed by atoms with E-state index in [4.69, 9.17) is 0 Å². The van der Waals surface area contributed by atoms with E-state index in [-0.39, 0.29) is 0 Å². The number of hydrogen-bond donors (Lipinski definition) is 0. The fraction of sp³-hybridized carbons (Fsp3) is 0.324. The highest BCUT2D eigenvalue weighted by molar-refractivity contribution is 8.76. The Labute approximate surface area is 249 Å². The average molecular weight is 572 g/mol. The molecule has 2 heterocycles. The lowest BCUT2D eigenvalue weighted by Crippen LogP contribution is -2.30. The maximum Gasteiger partial charge on any atom is 0.204 e. The van der Waals surface area contributed by atoms with E-state index in [0.29, 0.717) is 0 Å². The second-order valence-corrected chi connectivity index (χ2v) is 13.0. The van der Waals surface area contributed by atoms with Crippen molar-refractivity contribution in [3.05, 3.63) is 119 Å². The SMILES string of the molecule is CN1CC=CC=C1/C=C/C1=CC=C(N(C)CCSSCCN(C)c2ccc(/C=C/c3cccc[n+]3C)cc2)CC1. The number of likely N-dealkylation sites (N-methyl/N-ethyl adjacent to an activating group) is 1. The Kier molecular flexibility index (Phi) is 11.7. The first-order chi connectivity index (χ1) is 19.5. The van der Waals surface area contributed by atoms with Crippen molar-refractivity contribution < 1.29 is 4.57 Å². The molecular weight excluding hydrogens is 529 g/mol. The molecule has 0 saturated heterocycles. The summed E-state index contributed by atoms with van der Waals surface area (Å²) in [6, 6.07) is 15.1. The Morgan fingerprint density at radius 3 is 2.33 bits per heavy atom. The van der Waals surface area contributed by atoms with Gasteiger partial charge in [0.25, 0.3) is 0 Å². The summed E-state index contributed by atoms with van der Waals surface area (Å²) in [6.45, 7) is 3.11. The molecule has 2 aromatic rings. The van der Waals surface area contributed by atoms with Gasteiger partial charge in [-0.1, -0.05) is 58.0 Å². The van der Waals surface area contributed by atoms with E-state index in [0.717, 1.165) is 44.0 Å². The maximum atomic E-state index is 2.42. The van der Waals surface area contributed by atoms with Crippen molar-refractivity contribution in [3.63, 3.8) is 0 Å². The first-order valence-electron chi connectivity index (χ1n) is 14.0. The van der Waals surface area contributed by atoms with Crippen molar-refractivity contribution in [2.75, 3.05) is 57.2 Å². The standard InChI is InChI=1S/C34H43N4S2/c1-35-23-7-5-9-31(35)17-11-29-13-19-33(20-14-29)37(3)25-27-39-40-28-26-38(4)34-21-15-30(16-22-34)12-18-32-10-6-8-24-36(32)2/h5-15,17-21,23H,16,22,24-28H2,1-4H3/q+1/b18-12+. The van der Waals surface area contributed by atoms with Gasteiger partial charge in [0.1, 0.15) is 7.05 Å². The molecule has 0 unspecified atom stereocenters. The van der Waals surface area contributed by atoms with Gasteiger partial charge in [-0.3, -0.25) is 0 Å². The van der Waals surface area contributed by atoms with Crippen LogP contribution in [0.5, 0.6) is 0 Å². The summed E-state index contributed by atoms with van der Waals surface area (Å²) in [5, 5.41) is 0. The summed E-state index contributed by atoms with van der Waals surface area (Å²) in [6.07, 6.45) is 24.2. The minimum Gasteiger partial charge on any atom is -0.377 e. The number of rotatable bonds is 13. The monoisotopic (exact) mass is 571 g/mol. The molecule has 0 amide bonds. The number of benzene rings is 1. The van der Waals surface area contributed by atoms with E-state index in [1.807, 2.05) is 27.7 Å². The van der Waals surface area contributed by atoms with Crippen LogP contribution in [0.25, 0.3) is 12.2 Å². The second-order valence-electron chi connectivity index (χ2n) is 10.3. The van der Waals surface area contributed by atoms with Crippen molar-refractivity contribution in [1.29, 1.82) is 0 Å². The molecule has 40 heavy (non-hydrogen) atoms. The zero-order valence-corrected chi connectivity index (χ0v) is 26.0. The van der Waals surface area contributed by atoms with Gasteiger partial charge in [-0.15, -0.1) is 0 Å². The largest absolute Gasteiger partial charge is 0.377 e. The van der Waals surface area contributed by atoms with E-state index in [1.165, 1.54) is 33.9 Å². The lowest BCUT2D eigenvalue weighted by Gasteiger charge is -2.25. The number of hydrogen-bond acceptors (Lipinski definition) is 5. The van der Waals surface area contributed by atoms with Crippen LogP contribution >= 0.6 is 21.6 Å².